The average molecular weight is 435 g/mol. The Labute approximate surface area is 188 Å². The van der Waals surface area contributed by atoms with Crippen LogP contribution in [0, 0.1) is 5.41 Å². The van der Waals surface area contributed by atoms with Gasteiger partial charge in [-0.25, -0.2) is 9.59 Å². The number of nitrogens with one attached hydrogen (secondary N) is 1. The van der Waals surface area contributed by atoms with Gasteiger partial charge in [0.1, 0.15) is 0 Å². The summed E-state index contributed by atoms with van der Waals surface area (Å²) in [6.07, 6.45) is 10.5. The maximum atomic E-state index is 13.0. The maximum absolute atomic E-state index is 13.0. The van der Waals surface area contributed by atoms with Gasteiger partial charge in [-0.3, -0.25) is 4.90 Å². The number of ether oxygens (including phenoxy) is 2. The Morgan fingerprint density at radius 2 is 2.16 bits per heavy atom. The van der Waals surface area contributed by atoms with Crippen LogP contribution in [0.3, 0.4) is 0 Å². The van der Waals surface area contributed by atoms with Crippen LogP contribution in [0.2, 0.25) is 0 Å². The standard InChI is InChI=1S/C26H30N2O4/c1-4-25-11-6-13-28-14-12-26(24(25)28)19-15-17(8-10-21(29)32-5-2)7-9-20(19)27-22(26)18(16-25)23(30)31-3/h6-11,15,24,27H,4-5,12-14,16H2,1-3H3/b10-8+/t24-,25-,26-/m0/s1. The zero-order valence-corrected chi connectivity index (χ0v) is 18.9. The van der Waals surface area contributed by atoms with Crippen LogP contribution in [0.15, 0.2) is 47.7 Å². The molecular formula is C26H30N2O4. The van der Waals surface area contributed by atoms with E-state index in [1.807, 2.05) is 6.07 Å². The molecular weight excluding hydrogens is 404 g/mol. The van der Waals surface area contributed by atoms with Crippen LogP contribution in [0.5, 0.6) is 0 Å². The van der Waals surface area contributed by atoms with Crippen LogP contribution in [0.1, 0.15) is 44.2 Å². The molecule has 1 aromatic rings. The number of methoxy groups -OCH3 is 1. The van der Waals surface area contributed by atoms with Crippen LogP contribution >= 0.6 is 0 Å². The van der Waals surface area contributed by atoms with E-state index in [0.29, 0.717) is 13.0 Å². The number of esters is 2. The first-order chi connectivity index (χ1) is 15.5. The summed E-state index contributed by atoms with van der Waals surface area (Å²) in [4.78, 5) is 27.4. The summed E-state index contributed by atoms with van der Waals surface area (Å²) >= 11 is 0. The lowest BCUT2D eigenvalue weighted by Crippen LogP contribution is -2.58. The Morgan fingerprint density at radius 1 is 1.31 bits per heavy atom. The molecule has 3 heterocycles. The Balaban J connectivity index is 1.68. The zero-order chi connectivity index (χ0) is 22.5. The molecule has 1 spiro atoms. The van der Waals surface area contributed by atoms with E-state index in [9.17, 15) is 9.59 Å². The molecule has 1 fully saturated rings. The SMILES string of the molecule is CCOC(=O)/C=C/c1ccc2c(c1)[C@@]13CCN4CC=C[C@@](CC)(CC(C(=O)OC)=C1N2)[C@H]43. The number of nitrogens with zero attached hydrogens (tertiary/aromatic N) is 1. The van der Waals surface area contributed by atoms with Crippen molar-refractivity contribution >= 4 is 23.7 Å². The van der Waals surface area contributed by atoms with E-state index < -0.39 is 0 Å². The van der Waals surface area contributed by atoms with Crippen molar-refractivity contribution < 1.29 is 19.1 Å². The van der Waals surface area contributed by atoms with Gasteiger partial charge in [0.05, 0.1) is 24.7 Å². The van der Waals surface area contributed by atoms with Crippen LogP contribution < -0.4 is 5.32 Å². The Bertz CT molecular complexity index is 1070. The van der Waals surface area contributed by atoms with Crippen molar-refractivity contribution in [3.63, 3.8) is 0 Å². The third-order valence-corrected chi connectivity index (χ3v) is 7.79. The first-order valence-electron chi connectivity index (χ1n) is 11.5. The van der Waals surface area contributed by atoms with Gasteiger partial charge in [-0.15, -0.1) is 0 Å². The zero-order valence-electron chi connectivity index (χ0n) is 18.9. The molecule has 3 atom stereocenters. The van der Waals surface area contributed by atoms with Crippen molar-refractivity contribution in [2.75, 3.05) is 32.1 Å². The molecule has 32 heavy (non-hydrogen) atoms. The number of fused-ring (bicyclic) bond motifs is 1. The van der Waals surface area contributed by atoms with E-state index in [4.69, 9.17) is 9.47 Å². The highest BCUT2D eigenvalue weighted by Crippen LogP contribution is 2.64. The number of hydrogen-bond acceptors (Lipinski definition) is 6. The van der Waals surface area contributed by atoms with Gasteiger partial charge in [-0.2, -0.15) is 0 Å². The minimum absolute atomic E-state index is 0.109. The fraction of sp³-hybridized carbons (Fsp3) is 0.462. The highest BCUT2D eigenvalue weighted by atomic mass is 16.5. The molecule has 0 aromatic heterocycles. The summed E-state index contributed by atoms with van der Waals surface area (Å²) in [5.74, 6) is -0.587. The molecule has 1 saturated heterocycles. The molecule has 168 valence electrons. The van der Waals surface area contributed by atoms with E-state index in [1.165, 1.54) is 18.7 Å². The summed E-state index contributed by atoms with van der Waals surface area (Å²) in [7, 11) is 1.46. The molecule has 0 bridgehead atoms. The quantitative estimate of drug-likeness (QED) is 0.432. The molecule has 4 aliphatic rings. The van der Waals surface area contributed by atoms with E-state index in [-0.39, 0.29) is 28.8 Å². The van der Waals surface area contributed by atoms with Crippen LogP contribution in [0.4, 0.5) is 5.69 Å². The van der Waals surface area contributed by atoms with Crippen molar-refractivity contribution in [1.29, 1.82) is 0 Å². The summed E-state index contributed by atoms with van der Waals surface area (Å²) in [6, 6.07) is 6.51. The first kappa shape index (κ1) is 21.0. The first-order valence-corrected chi connectivity index (χ1v) is 11.5. The molecule has 6 nitrogen and oxygen atoms in total. The number of benzene rings is 1. The van der Waals surface area contributed by atoms with Crippen molar-refractivity contribution in [2.24, 2.45) is 5.41 Å². The molecule has 1 aliphatic carbocycles. The number of anilines is 1. The van der Waals surface area contributed by atoms with Gasteiger partial charge in [0.25, 0.3) is 0 Å². The maximum Gasteiger partial charge on any atom is 0.335 e. The number of carbonyl (C=O) groups is 2. The van der Waals surface area contributed by atoms with Gasteiger partial charge in [0.2, 0.25) is 0 Å². The molecule has 0 saturated carbocycles. The van der Waals surface area contributed by atoms with Gasteiger partial charge < -0.3 is 14.8 Å². The summed E-state index contributed by atoms with van der Waals surface area (Å²) < 4.78 is 10.3. The molecule has 0 amide bonds. The van der Waals surface area contributed by atoms with E-state index >= 15 is 0 Å². The van der Waals surface area contributed by atoms with Crippen LogP contribution in [-0.4, -0.2) is 49.7 Å². The molecule has 5 rings (SSSR count). The topological polar surface area (TPSA) is 67.9 Å². The third kappa shape index (κ3) is 2.82. The number of rotatable bonds is 5. The molecule has 1 N–H and O–H groups in total. The van der Waals surface area contributed by atoms with Crippen LogP contribution in [-0.2, 0) is 24.5 Å². The highest BCUT2D eigenvalue weighted by Gasteiger charge is 2.65. The molecule has 0 radical (unpaired) electrons. The predicted octanol–water partition coefficient (Wildman–Crippen LogP) is 3.80. The Kier molecular flexibility index (Phi) is 5.01. The van der Waals surface area contributed by atoms with Gasteiger partial charge >= 0.3 is 11.9 Å². The second kappa shape index (κ2) is 7.62. The third-order valence-electron chi connectivity index (χ3n) is 7.79. The largest absolute Gasteiger partial charge is 0.466 e. The molecule has 6 heteroatoms. The summed E-state index contributed by atoms with van der Waals surface area (Å²) in [5.41, 5.74) is 4.58. The van der Waals surface area contributed by atoms with Crippen molar-refractivity contribution in [2.45, 2.75) is 44.6 Å². The average Bonchev–Trinajstić information content (AvgIpc) is 3.37. The van der Waals surface area contributed by atoms with Gasteiger partial charge in [0.15, 0.2) is 0 Å². The second-order valence-corrected chi connectivity index (χ2v) is 9.15. The number of hydrogen-bond donors (Lipinski definition) is 1. The summed E-state index contributed by atoms with van der Waals surface area (Å²) in [5, 5.41) is 3.62. The van der Waals surface area contributed by atoms with Gasteiger partial charge in [0, 0.05) is 42.0 Å². The lowest BCUT2D eigenvalue weighted by Gasteiger charge is -2.53. The van der Waals surface area contributed by atoms with E-state index in [2.05, 4.69) is 41.4 Å². The van der Waals surface area contributed by atoms with Crippen molar-refractivity contribution in [3.8, 4) is 0 Å². The van der Waals surface area contributed by atoms with E-state index in [0.717, 1.165) is 48.5 Å². The monoisotopic (exact) mass is 434 g/mol. The Hall–Kier alpha value is -2.86. The predicted molar refractivity (Wildman–Crippen MR) is 123 cm³/mol. The van der Waals surface area contributed by atoms with E-state index in [1.54, 1.807) is 13.0 Å². The van der Waals surface area contributed by atoms with Crippen molar-refractivity contribution in [3.05, 3.63) is 58.8 Å². The minimum Gasteiger partial charge on any atom is -0.466 e. The fourth-order valence-electron chi connectivity index (χ4n) is 6.54. The fourth-order valence-corrected chi connectivity index (χ4v) is 6.54. The van der Waals surface area contributed by atoms with Gasteiger partial charge in [-0.05, 0) is 55.5 Å². The van der Waals surface area contributed by atoms with Gasteiger partial charge in [-0.1, -0.05) is 25.1 Å². The lowest BCUT2D eigenvalue weighted by atomic mass is 9.55. The normalized spacial score (nSPS) is 30.0. The summed E-state index contributed by atoms with van der Waals surface area (Å²) in [6.45, 7) is 6.30. The molecule has 1 aromatic carbocycles. The molecule has 3 aliphatic heterocycles. The number of carbonyl (C=O) groups excluding carboxylic acids is 2. The minimum atomic E-state index is -0.343. The van der Waals surface area contributed by atoms with Crippen molar-refractivity contribution in [1.82, 2.24) is 4.90 Å². The second-order valence-electron chi connectivity index (χ2n) is 9.15. The highest BCUT2D eigenvalue weighted by molar-refractivity contribution is 5.93. The Morgan fingerprint density at radius 3 is 2.91 bits per heavy atom. The van der Waals surface area contributed by atoms with Crippen LogP contribution in [0.25, 0.3) is 6.08 Å². The lowest BCUT2D eigenvalue weighted by molar-refractivity contribution is -0.138. The smallest absolute Gasteiger partial charge is 0.335 e. The molecule has 0 unspecified atom stereocenters.